The van der Waals surface area contributed by atoms with Crippen LogP contribution in [0.5, 0.6) is 0 Å². The van der Waals surface area contributed by atoms with Crippen molar-refractivity contribution in [2.75, 3.05) is 0 Å². The third-order valence-corrected chi connectivity index (χ3v) is 2.19. The molecule has 0 bridgehead atoms. The maximum Gasteiger partial charge on any atom is 0.0116 e. The number of hydrogen-bond donors (Lipinski definition) is 1. The molecule has 0 amide bonds. The molecular formula is C9H19N2Y2-. The molecule has 2 N–H and O–H groups in total. The molecular weight excluding hydrogens is 314 g/mol. The van der Waals surface area contributed by atoms with Gasteiger partial charge in [0, 0.05) is 76.5 Å². The third-order valence-electron chi connectivity index (χ3n) is 2.19. The van der Waals surface area contributed by atoms with Gasteiger partial charge in [-0.3, -0.25) is 0 Å². The van der Waals surface area contributed by atoms with E-state index < -0.39 is 0 Å². The van der Waals surface area contributed by atoms with E-state index in [4.69, 9.17) is 5.73 Å². The van der Waals surface area contributed by atoms with Crippen LogP contribution < -0.4 is 5.32 Å². The van der Waals surface area contributed by atoms with Crippen LogP contribution in [0.4, 0.5) is 0 Å². The van der Waals surface area contributed by atoms with Crippen LogP contribution in [0.25, 0.3) is 5.73 Å². The Morgan fingerprint density at radius 3 is 1.54 bits per heavy atom. The molecule has 0 aliphatic carbocycles. The van der Waals surface area contributed by atoms with E-state index in [9.17, 15) is 0 Å². The molecule has 2 radical (unpaired) electrons. The molecule has 0 atom stereocenters. The van der Waals surface area contributed by atoms with Gasteiger partial charge in [0.25, 0.3) is 0 Å². The SMILES string of the molecule is CC1(C)CC([NH-])CC(C)(C)N1.[Y].[Y]. The van der Waals surface area contributed by atoms with Gasteiger partial charge >= 0.3 is 0 Å². The van der Waals surface area contributed by atoms with Crippen molar-refractivity contribution < 1.29 is 65.4 Å². The summed E-state index contributed by atoms with van der Waals surface area (Å²) >= 11 is 0. The Morgan fingerprint density at radius 1 is 1.00 bits per heavy atom. The summed E-state index contributed by atoms with van der Waals surface area (Å²) in [6.45, 7) is 8.70. The van der Waals surface area contributed by atoms with Crippen molar-refractivity contribution in [3.63, 3.8) is 0 Å². The van der Waals surface area contributed by atoms with Gasteiger partial charge in [-0.25, -0.2) is 0 Å². The second-order valence-electron chi connectivity index (χ2n) is 5.00. The van der Waals surface area contributed by atoms with E-state index in [-0.39, 0.29) is 82.5 Å². The molecule has 0 unspecified atom stereocenters. The van der Waals surface area contributed by atoms with Gasteiger partial charge in [-0.05, 0) is 27.7 Å². The van der Waals surface area contributed by atoms with Crippen molar-refractivity contribution in [2.45, 2.75) is 57.7 Å². The van der Waals surface area contributed by atoms with E-state index in [0.717, 1.165) is 12.8 Å². The summed E-state index contributed by atoms with van der Waals surface area (Å²) < 4.78 is 0. The van der Waals surface area contributed by atoms with Crippen LogP contribution in [0.1, 0.15) is 40.5 Å². The van der Waals surface area contributed by atoms with E-state index in [0.29, 0.717) is 0 Å². The first kappa shape index (κ1) is 17.5. The quantitative estimate of drug-likeness (QED) is 0.726. The Balaban J connectivity index is 0. The van der Waals surface area contributed by atoms with Crippen LogP contribution in [0.15, 0.2) is 0 Å². The third kappa shape index (κ3) is 6.32. The zero-order valence-electron chi connectivity index (χ0n) is 9.15. The molecule has 1 fully saturated rings. The van der Waals surface area contributed by atoms with E-state index in [1.165, 1.54) is 0 Å². The van der Waals surface area contributed by atoms with E-state index in [1.807, 2.05) is 0 Å². The van der Waals surface area contributed by atoms with Crippen LogP contribution in [0.2, 0.25) is 0 Å². The van der Waals surface area contributed by atoms with Crippen LogP contribution in [-0.2, 0) is 65.4 Å². The van der Waals surface area contributed by atoms with E-state index in [2.05, 4.69) is 33.0 Å². The van der Waals surface area contributed by atoms with Gasteiger partial charge in [0.05, 0.1) is 0 Å². The minimum Gasteiger partial charge on any atom is -0.675 e. The molecule has 72 valence electrons. The average Bonchev–Trinajstić information content (AvgIpc) is 1.49. The summed E-state index contributed by atoms with van der Waals surface area (Å²) in [6, 6.07) is 0.112. The molecule has 2 nitrogen and oxygen atoms in total. The first-order chi connectivity index (χ1) is 4.81. The molecule has 0 aromatic carbocycles. The number of piperidine rings is 1. The molecule has 1 aliphatic heterocycles. The monoisotopic (exact) mass is 333 g/mol. The van der Waals surface area contributed by atoms with Crippen molar-refractivity contribution in [3.05, 3.63) is 5.73 Å². The van der Waals surface area contributed by atoms with Crippen molar-refractivity contribution in [1.29, 1.82) is 0 Å². The number of hydrogen-bond acceptors (Lipinski definition) is 1. The van der Waals surface area contributed by atoms with Gasteiger partial charge in [-0.1, -0.05) is 12.8 Å². The van der Waals surface area contributed by atoms with Gasteiger partial charge in [-0.15, -0.1) is 6.04 Å². The fraction of sp³-hybridized carbons (Fsp3) is 1.00. The second-order valence-corrected chi connectivity index (χ2v) is 5.00. The largest absolute Gasteiger partial charge is 0.675 e. The number of rotatable bonds is 0. The Hall–Kier alpha value is 2.13. The molecule has 1 heterocycles. The summed E-state index contributed by atoms with van der Waals surface area (Å²) in [4.78, 5) is 0. The molecule has 0 saturated carbocycles. The van der Waals surface area contributed by atoms with Crippen LogP contribution >= 0.6 is 0 Å². The molecule has 1 aliphatic rings. The van der Waals surface area contributed by atoms with Crippen molar-refractivity contribution in [2.24, 2.45) is 0 Å². The van der Waals surface area contributed by atoms with Crippen molar-refractivity contribution >= 4 is 0 Å². The number of nitrogens with one attached hydrogen (secondary N) is 2. The minimum atomic E-state index is 0. The topological polar surface area (TPSA) is 35.8 Å². The molecule has 4 heteroatoms. The minimum absolute atomic E-state index is 0. The fourth-order valence-corrected chi connectivity index (χ4v) is 2.32. The van der Waals surface area contributed by atoms with Crippen LogP contribution in [-0.4, -0.2) is 17.1 Å². The zero-order chi connectivity index (χ0) is 8.70. The van der Waals surface area contributed by atoms with Crippen LogP contribution in [0, 0.1) is 0 Å². The molecule has 13 heavy (non-hydrogen) atoms. The smallest absolute Gasteiger partial charge is 0.0116 e. The Labute approximate surface area is 132 Å². The molecule has 0 aromatic heterocycles. The van der Waals surface area contributed by atoms with E-state index >= 15 is 0 Å². The summed E-state index contributed by atoms with van der Waals surface area (Å²) in [5.41, 5.74) is 8.04. The predicted octanol–water partition coefficient (Wildman–Crippen LogP) is 2.34. The summed E-state index contributed by atoms with van der Waals surface area (Å²) in [5, 5.41) is 3.54. The van der Waals surface area contributed by atoms with Gasteiger partial charge in [0.2, 0.25) is 0 Å². The molecule has 0 spiro atoms. The molecule has 0 aromatic rings. The first-order valence-corrected chi connectivity index (χ1v) is 4.31. The molecule has 1 saturated heterocycles. The normalized spacial score (nSPS) is 25.6. The van der Waals surface area contributed by atoms with E-state index in [1.54, 1.807) is 0 Å². The van der Waals surface area contributed by atoms with Gasteiger partial charge in [0.1, 0.15) is 0 Å². The maximum absolute atomic E-state index is 7.74. The predicted molar refractivity (Wildman–Crippen MR) is 48.6 cm³/mol. The fourth-order valence-electron chi connectivity index (χ4n) is 2.32. The van der Waals surface area contributed by atoms with Gasteiger partial charge in [-0.2, -0.15) is 0 Å². The Bertz CT molecular complexity index is 142. The van der Waals surface area contributed by atoms with Crippen LogP contribution in [0.3, 0.4) is 0 Å². The first-order valence-electron chi connectivity index (χ1n) is 4.31. The summed E-state index contributed by atoms with van der Waals surface area (Å²) in [5.74, 6) is 0. The van der Waals surface area contributed by atoms with Gasteiger partial charge in [0.15, 0.2) is 0 Å². The Morgan fingerprint density at radius 2 is 1.31 bits per heavy atom. The average molecular weight is 333 g/mol. The Kier molecular flexibility index (Phi) is 8.10. The van der Waals surface area contributed by atoms with Gasteiger partial charge < -0.3 is 11.1 Å². The summed E-state index contributed by atoms with van der Waals surface area (Å²) in [7, 11) is 0. The van der Waals surface area contributed by atoms with Crippen molar-refractivity contribution in [3.8, 4) is 0 Å². The maximum atomic E-state index is 7.74. The summed E-state index contributed by atoms with van der Waals surface area (Å²) in [6.07, 6.45) is 1.94. The standard InChI is InChI=1S/C9H19N2.2Y/c1-8(2)5-7(10)6-9(3,4)11-8;;/h7,10-11H,5-6H2,1-4H3;;/q-1;;. The molecule has 1 rings (SSSR count). The van der Waals surface area contributed by atoms with Crippen molar-refractivity contribution in [1.82, 2.24) is 5.32 Å². The zero-order valence-corrected chi connectivity index (χ0v) is 14.8. The second kappa shape index (κ2) is 6.01.